The van der Waals surface area contributed by atoms with Gasteiger partial charge in [-0.2, -0.15) is 0 Å². The molecule has 0 heterocycles. The molecule has 102 valence electrons. The van der Waals surface area contributed by atoms with Gasteiger partial charge < -0.3 is 9.84 Å². The number of hydrogen-bond acceptors (Lipinski definition) is 2. The zero-order valence-corrected chi connectivity index (χ0v) is 11.6. The first-order valence-electron chi connectivity index (χ1n) is 5.26. The lowest BCUT2D eigenvalue weighted by molar-refractivity contribution is -0.145. The summed E-state index contributed by atoms with van der Waals surface area (Å²) >= 11 is 3.08. The predicted octanol–water partition coefficient (Wildman–Crippen LogP) is 3.42. The molecular formula is C13H11BrF2O3. The first-order valence-corrected chi connectivity index (χ1v) is 6.05. The zero-order chi connectivity index (χ0) is 14.6. The SMILES string of the molecule is C#CCC(Oc1ccc(Br)cc1C(C)(F)F)C(=O)O. The molecule has 0 saturated heterocycles. The van der Waals surface area contributed by atoms with Crippen molar-refractivity contribution in [3.8, 4) is 18.1 Å². The Kier molecular flexibility index (Phi) is 4.90. The van der Waals surface area contributed by atoms with Crippen molar-refractivity contribution in [3.05, 3.63) is 28.2 Å². The van der Waals surface area contributed by atoms with Crippen molar-refractivity contribution in [3.63, 3.8) is 0 Å². The summed E-state index contributed by atoms with van der Waals surface area (Å²) < 4.78 is 32.4. The Bertz CT molecular complexity index is 518. The predicted molar refractivity (Wildman–Crippen MR) is 69.2 cm³/mol. The van der Waals surface area contributed by atoms with Gasteiger partial charge in [0.05, 0.1) is 12.0 Å². The molecule has 1 aromatic carbocycles. The quantitative estimate of drug-likeness (QED) is 0.840. The van der Waals surface area contributed by atoms with Gasteiger partial charge in [0.15, 0.2) is 0 Å². The van der Waals surface area contributed by atoms with Gasteiger partial charge in [-0.25, -0.2) is 13.6 Å². The number of carbonyl (C=O) groups is 1. The molecule has 0 saturated carbocycles. The zero-order valence-electron chi connectivity index (χ0n) is 9.99. The van der Waals surface area contributed by atoms with Gasteiger partial charge in [0.2, 0.25) is 6.10 Å². The van der Waals surface area contributed by atoms with Crippen molar-refractivity contribution in [1.82, 2.24) is 0 Å². The summed E-state index contributed by atoms with van der Waals surface area (Å²) in [6.45, 7) is 0.707. The summed E-state index contributed by atoms with van der Waals surface area (Å²) in [6.07, 6.45) is 3.46. The third kappa shape index (κ3) is 4.21. The first kappa shape index (κ1) is 15.4. The second kappa shape index (κ2) is 6.02. The normalized spacial score (nSPS) is 12.6. The minimum absolute atomic E-state index is 0.196. The van der Waals surface area contributed by atoms with E-state index < -0.39 is 23.6 Å². The topological polar surface area (TPSA) is 46.5 Å². The summed E-state index contributed by atoms with van der Waals surface area (Å²) in [5, 5.41) is 8.90. The Morgan fingerprint density at radius 1 is 1.63 bits per heavy atom. The van der Waals surface area contributed by atoms with Crippen LogP contribution in [0.2, 0.25) is 0 Å². The molecule has 0 aliphatic heterocycles. The fourth-order valence-electron chi connectivity index (χ4n) is 1.39. The molecule has 1 unspecified atom stereocenters. The molecule has 0 amide bonds. The fraction of sp³-hybridized carbons (Fsp3) is 0.308. The molecule has 0 fully saturated rings. The molecule has 0 radical (unpaired) electrons. The highest BCUT2D eigenvalue weighted by Gasteiger charge is 2.30. The molecule has 19 heavy (non-hydrogen) atoms. The maximum Gasteiger partial charge on any atom is 0.345 e. The van der Waals surface area contributed by atoms with Crippen molar-refractivity contribution in [2.45, 2.75) is 25.4 Å². The smallest absolute Gasteiger partial charge is 0.345 e. The Balaban J connectivity index is 3.13. The molecule has 0 spiro atoms. The number of benzene rings is 1. The molecule has 6 heteroatoms. The highest BCUT2D eigenvalue weighted by Crippen LogP contribution is 2.36. The summed E-state index contributed by atoms with van der Waals surface area (Å²) in [7, 11) is 0. The number of ether oxygens (including phenoxy) is 1. The van der Waals surface area contributed by atoms with Crippen LogP contribution in [0, 0.1) is 12.3 Å². The van der Waals surface area contributed by atoms with E-state index in [1.54, 1.807) is 0 Å². The van der Waals surface area contributed by atoms with E-state index in [0.29, 0.717) is 11.4 Å². The van der Waals surface area contributed by atoms with Gasteiger partial charge in [0.1, 0.15) is 5.75 Å². The maximum atomic E-state index is 13.4. The average molecular weight is 333 g/mol. The largest absolute Gasteiger partial charge is 0.478 e. The van der Waals surface area contributed by atoms with Crippen molar-refractivity contribution < 1.29 is 23.4 Å². The minimum Gasteiger partial charge on any atom is -0.478 e. The molecular weight excluding hydrogens is 322 g/mol. The number of alkyl halides is 2. The van der Waals surface area contributed by atoms with E-state index in [0.717, 1.165) is 0 Å². The Morgan fingerprint density at radius 2 is 2.26 bits per heavy atom. The van der Waals surface area contributed by atoms with Crippen LogP contribution in [0.3, 0.4) is 0 Å². The maximum absolute atomic E-state index is 13.4. The van der Waals surface area contributed by atoms with Crippen LogP contribution in [0.15, 0.2) is 22.7 Å². The lowest BCUT2D eigenvalue weighted by atomic mass is 10.1. The second-order valence-electron chi connectivity index (χ2n) is 3.88. The number of aliphatic carboxylic acids is 1. The molecule has 3 nitrogen and oxygen atoms in total. The van der Waals surface area contributed by atoms with E-state index >= 15 is 0 Å². The van der Waals surface area contributed by atoms with Crippen LogP contribution in [0.5, 0.6) is 5.75 Å². The molecule has 0 aliphatic carbocycles. The van der Waals surface area contributed by atoms with E-state index in [-0.39, 0.29) is 12.2 Å². The monoisotopic (exact) mass is 332 g/mol. The van der Waals surface area contributed by atoms with E-state index in [4.69, 9.17) is 16.3 Å². The summed E-state index contributed by atoms with van der Waals surface area (Å²) in [4.78, 5) is 10.9. The number of rotatable bonds is 5. The highest BCUT2D eigenvalue weighted by atomic mass is 79.9. The van der Waals surface area contributed by atoms with Gasteiger partial charge in [-0.1, -0.05) is 15.9 Å². The number of hydrogen-bond donors (Lipinski definition) is 1. The van der Waals surface area contributed by atoms with Crippen molar-refractivity contribution in [2.75, 3.05) is 0 Å². The van der Waals surface area contributed by atoms with Crippen LogP contribution in [0.25, 0.3) is 0 Å². The van der Waals surface area contributed by atoms with Crippen molar-refractivity contribution >= 4 is 21.9 Å². The average Bonchev–Trinajstić information content (AvgIpc) is 2.29. The van der Waals surface area contributed by atoms with Crippen LogP contribution < -0.4 is 4.74 Å². The number of carboxylic acids is 1. The Labute approximate surface area is 117 Å². The van der Waals surface area contributed by atoms with E-state index in [1.807, 2.05) is 0 Å². The highest BCUT2D eigenvalue weighted by molar-refractivity contribution is 9.10. The third-order valence-corrected chi connectivity index (χ3v) is 2.76. The minimum atomic E-state index is -3.15. The molecule has 1 aromatic rings. The molecule has 1 atom stereocenters. The first-order chi connectivity index (χ1) is 8.75. The Hall–Kier alpha value is -1.61. The molecule has 1 rings (SSSR count). The lowest BCUT2D eigenvalue weighted by Crippen LogP contribution is -2.27. The third-order valence-electron chi connectivity index (χ3n) is 2.26. The lowest BCUT2D eigenvalue weighted by Gasteiger charge is -2.19. The molecule has 0 aromatic heterocycles. The summed E-state index contributed by atoms with van der Waals surface area (Å²) in [5.74, 6) is -2.51. The fourth-order valence-corrected chi connectivity index (χ4v) is 1.75. The van der Waals surface area contributed by atoms with Gasteiger partial charge in [-0.05, 0) is 18.2 Å². The van der Waals surface area contributed by atoms with Crippen LogP contribution in [-0.2, 0) is 10.7 Å². The van der Waals surface area contributed by atoms with Crippen molar-refractivity contribution in [2.24, 2.45) is 0 Å². The Morgan fingerprint density at radius 3 is 2.74 bits per heavy atom. The van der Waals surface area contributed by atoms with Crippen LogP contribution >= 0.6 is 15.9 Å². The van der Waals surface area contributed by atoms with Crippen LogP contribution in [-0.4, -0.2) is 17.2 Å². The van der Waals surface area contributed by atoms with Gasteiger partial charge in [-0.3, -0.25) is 0 Å². The molecule has 0 aliphatic rings. The summed E-state index contributed by atoms with van der Waals surface area (Å²) in [5.41, 5.74) is -0.398. The second-order valence-corrected chi connectivity index (χ2v) is 4.80. The van der Waals surface area contributed by atoms with Gasteiger partial charge in [0.25, 0.3) is 5.92 Å². The molecule has 0 bridgehead atoms. The van der Waals surface area contributed by atoms with Crippen LogP contribution in [0.4, 0.5) is 8.78 Å². The summed E-state index contributed by atoms with van der Waals surface area (Å²) in [6, 6.07) is 3.95. The van der Waals surface area contributed by atoms with Gasteiger partial charge in [0, 0.05) is 11.4 Å². The number of halogens is 3. The van der Waals surface area contributed by atoms with E-state index in [9.17, 15) is 13.6 Å². The van der Waals surface area contributed by atoms with Crippen LogP contribution in [0.1, 0.15) is 18.9 Å². The standard InChI is InChI=1S/C13H11BrF2O3/c1-3-4-11(12(17)18)19-10-6-5-8(14)7-9(10)13(2,15)16/h1,5-7,11H,4H2,2H3,(H,17,18). The van der Waals surface area contributed by atoms with E-state index in [2.05, 4.69) is 21.9 Å². The van der Waals surface area contributed by atoms with Gasteiger partial charge >= 0.3 is 5.97 Å². The number of carboxylic acid groups (broad SMARTS) is 1. The van der Waals surface area contributed by atoms with Gasteiger partial charge in [-0.15, -0.1) is 12.3 Å². The van der Waals surface area contributed by atoms with E-state index in [1.165, 1.54) is 18.2 Å². The molecule has 1 N–H and O–H groups in total. The number of terminal acetylenes is 1. The van der Waals surface area contributed by atoms with Crippen molar-refractivity contribution in [1.29, 1.82) is 0 Å².